The molecule has 23 heavy (non-hydrogen) atoms. The number of anilines is 1. The van der Waals surface area contributed by atoms with Crippen molar-refractivity contribution in [2.24, 2.45) is 5.73 Å². The maximum absolute atomic E-state index is 12.2. The molecule has 3 amide bonds. The number of carbonyl (C=O) groups excluding carboxylic acids is 2. The van der Waals surface area contributed by atoms with Gasteiger partial charge in [0.2, 0.25) is 5.91 Å². The summed E-state index contributed by atoms with van der Waals surface area (Å²) in [4.78, 5) is 22.2. The van der Waals surface area contributed by atoms with E-state index in [1.807, 2.05) is 5.32 Å². The molecule has 0 aromatic heterocycles. The van der Waals surface area contributed by atoms with Crippen LogP contribution in [0.4, 0.5) is 10.5 Å². The van der Waals surface area contributed by atoms with Gasteiger partial charge in [-0.25, -0.2) is 13.2 Å². The molecule has 1 aromatic carbocycles. The van der Waals surface area contributed by atoms with E-state index in [2.05, 4.69) is 5.32 Å². The summed E-state index contributed by atoms with van der Waals surface area (Å²) in [6.45, 7) is 6.57. The number of hydrogen-bond donors (Lipinski definition) is 3. The van der Waals surface area contributed by atoms with Crippen LogP contribution in [0.3, 0.4) is 0 Å². The molecule has 0 saturated carbocycles. The molecular formula is C15H23N3O4S. The van der Waals surface area contributed by atoms with Crippen molar-refractivity contribution in [3.05, 3.63) is 29.8 Å². The highest BCUT2D eigenvalue weighted by atomic mass is 32.2. The molecule has 8 heteroatoms. The minimum Gasteiger partial charge on any atom is -0.374 e. The largest absolute Gasteiger partial charge is 0.374 e. The first-order valence-corrected chi connectivity index (χ1v) is 8.75. The third kappa shape index (κ3) is 5.55. The zero-order valence-electron chi connectivity index (χ0n) is 13.7. The average Bonchev–Trinajstić information content (AvgIpc) is 2.38. The molecule has 7 nitrogen and oxygen atoms in total. The third-order valence-electron chi connectivity index (χ3n) is 3.27. The SMILES string of the molecule is C[C@@H](Nc1ccc(CS(=O)(=O)C(C)(C)C)cc1)C(=O)NC(N)=O. The Bertz CT molecular complexity index is 676. The van der Waals surface area contributed by atoms with Crippen molar-refractivity contribution in [2.45, 2.75) is 44.2 Å². The summed E-state index contributed by atoms with van der Waals surface area (Å²) in [7, 11) is -3.25. The smallest absolute Gasteiger partial charge is 0.318 e. The number of rotatable bonds is 5. The number of benzene rings is 1. The van der Waals surface area contributed by atoms with Crippen LogP contribution in [-0.4, -0.2) is 31.1 Å². The van der Waals surface area contributed by atoms with E-state index >= 15 is 0 Å². The number of nitrogens with one attached hydrogen (secondary N) is 2. The van der Waals surface area contributed by atoms with Crippen molar-refractivity contribution in [1.29, 1.82) is 0 Å². The van der Waals surface area contributed by atoms with Crippen LogP contribution in [0.25, 0.3) is 0 Å². The minimum absolute atomic E-state index is 0.0471. The summed E-state index contributed by atoms with van der Waals surface area (Å²) in [5.41, 5.74) is 6.18. The van der Waals surface area contributed by atoms with Crippen LogP contribution in [0, 0.1) is 0 Å². The Morgan fingerprint density at radius 2 is 1.70 bits per heavy atom. The van der Waals surface area contributed by atoms with Crippen molar-refractivity contribution in [3.8, 4) is 0 Å². The molecule has 1 rings (SSSR count). The average molecular weight is 341 g/mol. The van der Waals surface area contributed by atoms with Crippen molar-refractivity contribution in [1.82, 2.24) is 5.32 Å². The van der Waals surface area contributed by atoms with Gasteiger partial charge in [-0.15, -0.1) is 0 Å². The van der Waals surface area contributed by atoms with E-state index in [-0.39, 0.29) is 5.75 Å². The molecule has 0 radical (unpaired) electrons. The lowest BCUT2D eigenvalue weighted by molar-refractivity contribution is -0.120. The van der Waals surface area contributed by atoms with Gasteiger partial charge in [-0.05, 0) is 45.4 Å². The van der Waals surface area contributed by atoms with Crippen molar-refractivity contribution in [3.63, 3.8) is 0 Å². The quantitative estimate of drug-likeness (QED) is 0.748. The van der Waals surface area contributed by atoms with E-state index in [4.69, 9.17) is 5.73 Å². The van der Waals surface area contributed by atoms with E-state index in [0.717, 1.165) is 0 Å². The second-order valence-corrected chi connectivity index (χ2v) is 9.03. The lowest BCUT2D eigenvalue weighted by atomic mass is 10.2. The van der Waals surface area contributed by atoms with Crippen molar-refractivity contribution >= 4 is 27.5 Å². The molecule has 0 spiro atoms. The zero-order chi connectivity index (χ0) is 17.8. The van der Waals surface area contributed by atoms with Gasteiger partial charge in [0.1, 0.15) is 6.04 Å². The fourth-order valence-electron chi connectivity index (χ4n) is 1.68. The molecule has 0 bridgehead atoms. The number of amides is 3. The number of imide groups is 1. The van der Waals surface area contributed by atoms with E-state index < -0.39 is 32.6 Å². The van der Waals surface area contributed by atoms with Gasteiger partial charge in [0, 0.05) is 5.69 Å². The molecule has 0 aliphatic rings. The fourth-order valence-corrected chi connectivity index (χ4v) is 2.74. The molecule has 128 valence electrons. The van der Waals surface area contributed by atoms with Gasteiger partial charge in [-0.2, -0.15) is 0 Å². The van der Waals surface area contributed by atoms with Crippen molar-refractivity contribution in [2.75, 3.05) is 5.32 Å². The van der Waals surface area contributed by atoms with Crippen molar-refractivity contribution < 1.29 is 18.0 Å². The highest BCUT2D eigenvalue weighted by Gasteiger charge is 2.28. The summed E-state index contributed by atoms with van der Waals surface area (Å²) < 4.78 is 23.5. The maximum Gasteiger partial charge on any atom is 0.318 e. The molecule has 1 atom stereocenters. The Morgan fingerprint density at radius 3 is 2.13 bits per heavy atom. The first-order chi connectivity index (χ1) is 10.4. The molecule has 1 aromatic rings. The third-order valence-corrected chi connectivity index (χ3v) is 5.85. The van der Waals surface area contributed by atoms with Crippen LogP contribution in [0.2, 0.25) is 0 Å². The van der Waals surface area contributed by atoms with E-state index in [1.165, 1.54) is 0 Å². The Hall–Kier alpha value is -2.09. The second-order valence-electron chi connectivity index (χ2n) is 6.29. The van der Waals surface area contributed by atoms with Crippen LogP contribution in [-0.2, 0) is 20.4 Å². The van der Waals surface area contributed by atoms with Crippen LogP contribution in [0.15, 0.2) is 24.3 Å². The molecule has 4 N–H and O–H groups in total. The van der Waals surface area contributed by atoms with E-state index in [0.29, 0.717) is 11.3 Å². The lowest BCUT2D eigenvalue weighted by Crippen LogP contribution is -2.43. The van der Waals surface area contributed by atoms with Gasteiger partial charge in [0.25, 0.3) is 0 Å². The number of sulfone groups is 1. The standard InChI is InChI=1S/C15H23N3O4S/c1-10(13(19)18-14(16)20)17-12-7-5-11(6-8-12)9-23(21,22)15(2,3)4/h5-8,10,17H,9H2,1-4H3,(H3,16,18,19,20)/t10-/m1/s1. The number of hydrogen-bond acceptors (Lipinski definition) is 5. The second kappa shape index (κ2) is 6.99. The Morgan fingerprint density at radius 1 is 1.17 bits per heavy atom. The summed E-state index contributed by atoms with van der Waals surface area (Å²) in [5.74, 6) is -0.592. The summed E-state index contributed by atoms with van der Waals surface area (Å²) in [6, 6.07) is 5.16. The Balaban J connectivity index is 2.74. The fraction of sp³-hybridized carbons (Fsp3) is 0.467. The normalized spacial score (nSPS) is 13.2. The number of primary amides is 1. The van der Waals surface area contributed by atoms with E-state index in [1.54, 1.807) is 52.0 Å². The monoisotopic (exact) mass is 341 g/mol. The van der Waals surface area contributed by atoms with Crippen LogP contribution in [0.1, 0.15) is 33.3 Å². The summed E-state index contributed by atoms with van der Waals surface area (Å²) in [6.07, 6.45) is 0. The first kappa shape index (κ1) is 19.0. The maximum atomic E-state index is 12.2. The Labute approximate surface area is 136 Å². The highest BCUT2D eigenvalue weighted by molar-refractivity contribution is 7.91. The van der Waals surface area contributed by atoms with Crippen LogP contribution in [0.5, 0.6) is 0 Å². The topological polar surface area (TPSA) is 118 Å². The predicted octanol–water partition coefficient (Wildman–Crippen LogP) is 1.40. The number of nitrogens with two attached hydrogens (primary N) is 1. The molecule has 0 unspecified atom stereocenters. The minimum atomic E-state index is -3.25. The van der Waals surface area contributed by atoms with Gasteiger partial charge < -0.3 is 11.1 Å². The summed E-state index contributed by atoms with van der Waals surface area (Å²) >= 11 is 0. The predicted molar refractivity (Wildman–Crippen MR) is 89.6 cm³/mol. The van der Waals surface area contributed by atoms with Gasteiger partial charge in [0.15, 0.2) is 9.84 Å². The van der Waals surface area contributed by atoms with Crippen LogP contribution < -0.4 is 16.4 Å². The van der Waals surface area contributed by atoms with Gasteiger partial charge in [0.05, 0.1) is 10.5 Å². The molecule has 0 heterocycles. The lowest BCUT2D eigenvalue weighted by Gasteiger charge is -2.19. The molecule has 0 fully saturated rings. The van der Waals surface area contributed by atoms with Gasteiger partial charge in [-0.3, -0.25) is 10.1 Å². The molecule has 0 aliphatic carbocycles. The number of urea groups is 1. The van der Waals surface area contributed by atoms with Gasteiger partial charge >= 0.3 is 6.03 Å². The molecule has 0 saturated heterocycles. The summed E-state index contributed by atoms with van der Waals surface area (Å²) in [5, 5.41) is 4.88. The molecule has 0 aliphatic heterocycles. The molecular weight excluding hydrogens is 318 g/mol. The van der Waals surface area contributed by atoms with Gasteiger partial charge in [-0.1, -0.05) is 12.1 Å². The van der Waals surface area contributed by atoms with E-state index in [9.17, 15) is 18.0 Å². The Kier molecular flexibility index (Phi) is 5.76. The zero-order valence-corrected chi connectivity index (χ0v) is 14.5. The highest BCUT2D eigenvalue weighted by Crippen LogP contribution is 2.21. The number of carbonyl (C=O) groups is 2. The van der Waals surface area contributed by atoms with Crippen LogP contribution >= 0.6 is 0 Å². The first-order valence-electron chi connectivity index (χ1n) is 7.10.